The topological polar surface area (TPSA) is 59.0 Å². The molecule has 0 amide bonds. The van der Waals surface area contributed by atoms with Crippen LogP contribution < -0.4 is 10.5 Å². The molecule has 0 aromatic heterocycles. The summed E-state index contributed by atoms with van der Waals surface area (Å²) >= 11 is 0. The van der Waals surface area contributed by atoms with E-state index in [1.807, 2.05) is 19.1 Å². The number of aryl methyl sites for hydroxylation is 1. The third-order valence-electron chi connectivity index (χ3n) is 1.49. The van der Waals surface area contributed by atoms with Gasteiger partial charge in [0.05, 0.1) is 0 Å². The Balaban J connectivity index is 2.81. The number of nitrogen functional groups attached to an aromatic ring is 1. The van der Waals surface area contributed by atoms with Crippen LogP contribution in [0.4, 0.5) is 5.69 Å². The van der Waals surface area contributed by atoms with E-state index in [4.69, 9.17) is 15.7 Å². The number of benzene rings is 1. The predicted molar refractivity (Wildman–Crippen MR) is 46.7 cm³/mol. The van der Waals surface area contributed by atoms with Crippen molar-refractivity contribution < 1.29 is 4.74 Å². The van der Waals surface area contributed by atoms with E-state index >= 15 is 0 Å². The minimum Gasteiger partial charge on any atom is -0.478 e. The van der Waals surface area contributed by atoms with Gasteiger partial charge in [0.15, 0.2) is 6.61 Å². The highest BCUT2D eigenvalue weighted by molar-refractivity contribution is 5.47. The molecule has 62 valence electrons. The van der Waals surface area contributed by atoms with Crippen molar-refractivity contribution in [2.45, 2.75) is 6.92 Å². The molecule has 0 heterocycles. The lowest BCUT2D eigenvalue weighted by atomic mass is 10.2. The average molecular weight is 162 g/mol. The van der Waals surface area contributed by atoms with Crippen LogP contribution in [-0.2, 0) is 0 Å². The highest BCUT2D eigenvalue weighted by Gasteiger charge is 1.97. The molecule has 0 spiro atoms. The molecular formula is C9H10N2O. The van der Waals surface area contributed by atoms with E-state index in [0.29, 0.717) is 11.4 Å². The maximum absolute atomic E-state index is 8.27. The molecular weight excluding hydrogens is 152 g/mol. The molecule has 1 aromatic rings. The van der Waals surface area contributed by atoms with Crippen LogP contribution >= 0.6 is 0 Å². The Labute approximate surface area is 71.4 Å². The molecule has 3 heteroatoms. The molecule has 2 N–H and O–H groups in total. The van der Waals surface area contributed by atoms with Crippen LogP contribution in [0.2, 0.25) is 0 Å². The number of ether oxygens (including phenoxy) is 1. The van der Waals surface area contributed by atoms with E-state index < -0.39 is 0 Å². The molecule has 0 radical (unpaired) electrons. The van der Waals surface area contributed by atoms with E-state index in [-0.39, 0.29) is 6.61 Å². The molecule has 12 heavy (non-hydrogen) atoms. The number of nitrogens with two attached hydrogens (primary N) is 1. The molecule has 0 bridgehead atoms. The number of nitrogens with zero attached hydrogens (tertiary/aromatic N) is 1. The smallest absolute Gasteiger partial charge is 0.174 e. The van der Waals surface area contributed by atoms with Gasteiger partial charge < -0.3 is 10.5 Å². The van der Waals surface area contributed by atoms with E-state index in [9.17, 15) is 0 Å². The van der Waals surface area contributed by atoms with E-state index in [0.717, 1.165) is 5.56 Å². The Morgan fingerprint density at radius 3 is 2.92 bits per heavy atom. The van der Waals surface area contributed by atoms with Gasteiger partial charge in [-0.25, -0.2) is 0 Å². The van der Waals surface area contributed by atoms with Crippen LogP contribution in [0.15, 0.2) is 18.2 Å². The van der Waals surface area contributed by atoms with Crippen molar-refractivity contribution in [3.8, 4) is 11.8 Å². The van der Waals surface area contributed by atoms with Crippen LogP contribution in [0.25, 0.3) is 0 Å². The van der Waals surface area contributed by atoms with E-state index in [2.05, 4.69) is 0 Å². The fraction of sp³-hybridized carbons (Fsp3) is 0.222. The lowest BCUT2D eigenvalue weighted by Crippen LogP contribution is -1.96. The van der Waals surface area contributed by atoms with E-state index in [1.165, 1.54) is 0 Å². The molecule has 1 rings (SSSR count). The van der Waals surface area contributed by atoms with E-state index in [1.54, 1.807) is 12.1 Å². The Morgan fingerprint density at radius 1 is 1.58 bits per heavy atom. The molecule has 0 aliphatic carbocycles. The SMILES string of the molecule is Cc1cc(N)ccc1OCC#N. The molecule has 0 saturated carbocycles. The van der Waals surface area contributed by atoms with Gasteiger partial charge in [-0.3, -0.25) is 0 Å². The zero-order valence-electron chi connectivity index (χ0n) is 6.87. The fourth-order valence-corrected chi connectivity index (χ4v) is 0.945. The molecule has 0 fully saturated rings. The average Bonchev–Trinajstić information content (AvgIpc) is 2.03. The second-order valence-electron chi connectivity index (χ2n) is 2.47. The van der Waals surface area contributed by atoms with Gasteiger partial charge in [0.1, 0.15) is 11.8 Å². The second-order valence-corrected chi connectivity index (χ2v) is 2.47. The van der Waals surface area contributed by atoms with Crippen molar-refractivity contribution in [3.05, 3.63) is 23.8 Å². The number of anilines is 1. The summed E-state index contributed by atoms with van der Waals surface area (Å²) in [6.07, 6.45) is 0. The molecule has 0 aliphatic rings. The number of hydrogen-bond acceptors (Lipinski definition) is 3. The Bertz CT molecular complexity index is 315. The van der Waals surface area contributed by atoms with Crippen molar-refractivity contribution in [2.75, 3.05) is 12.3 Å². The first-order chi connectivity index (χ1) is 5.74. The lowest BCUT2D eigenvalue weighted by Gasteiger charge is -2.05. The monoisotopic (exact) mass is 162 g/mol. The molecule has 0 unspecified atom stereocenters. The van der Waals surface area contributed by atoms with Crippen molar-refractivity contribution in [1.29, 1.82) is 5.26 Å². The summed E-state index contributed by atoms with van der Waals surface area (Å²) in [6.45, 7) is 1.97. The Morgan fingerprint density at radius 2 is 2.33 bits per heavy atom. The minimum atomic E-state index is 0.0742. The summed E-state index contributed by atoms with van der Waals surface area (Å²) in [5.74, 6) is 0.714. The first kappa shape index (κ1) is 8.41. The highest BCUT2D eigenvalue weighted by Crippen LogP contribution is 2.19. The summed E-state index contributed by atoms with van der Waals surface area (Å²) < 4.78 is 5.12. The van der Waals surface area contributed by atoms with Crippen molar-refractivity contribution in [2.24, 2.45) is 0 Å². The Hall–Kier alpha value is -1.69. The van der Waals surface area contributed by atoms with Gasteiger partial charge in [0.25, 0.3) is 0 Å². The van der Waals surface area contributed by atoms with Crippen molar-refractivity contribution >= 4 is 5.69 Å². The van der Waals surface area contributed by atoms with Crippen molar-refractivity contribution in [1.82, 2.24) is 0 Å². The quantitative estimate of drug-likeness (QED) is 0.670. The van der Waals surface area contributed by atoms with Gasteiger partial charge in [0.2, 0.25) is 0 Å². The van der Waals surface area contributed by atoms with Crippen LogP contribution in [0.5, 0.6) is 5.75 Å². The molecule has 0 saturated heterocycles. The molecule has 3 nitrogen and oxygen atoms in total. The Kier molecular flexibility index (Phi) is 2.54. The zero-order chi connectivity index (χ0) is 8.97. The summed E-state index contributed by atoms with van der Waals surface area (Å²) in [4.78, 5) is 0. The van der Waals surface area contributed by atoms with Gasteiger partial charge in [-0.2, -0.15) is 5.26 Å². The van der Waals surface area contributed by atoms with Crippen LogP contribution in [0.3, 0.4) is 0 Å². The second kappa shape index (κ2) is 3.63. The fourth-order valence-electron chi connectivity index (χ4n) is 0.945. The van der Waals surface area contributed by atoms with Gasteiger partial charge in [-0.15, -0.1) is 0 Å². The third-order valence-corrected chi connectivity index (χ3v) is 1.49. The zero-order valence-corrected chi connectivity index (χ0v) is 6.87. The lowest BCUT2D eigenvalue weighted by molar-refractivity contribution is 0.365. The summed E-state index contributed by atoms with van der Waals surface area (Å²) in [5.41, 5.74) is 7.19. The molecule has 1 aromatic carbocycles. The summed E-state index contributed by atoms with van der Waals surface area (Å²) in [6, 6.07) is 7.23. The van der Waals surface area contributed by atoms with Gasteiger partial charge in [0, 0.05) is 5.69 Å². The maximum Gasteiger partial charge on any atom is 0.174 e. The molecule has 0 atom stereocenters. The normalized spacial score (nSPS) is 9.00. The summed E-state index contributed by atoms with van der Waals surface area (Å²) in [7, 11) is 0. The highest BCUT2D eigenvalue weighted by atomic mass is 16.5. The van der Waals surface area contributed by atoms with Crippen LogP contribution in [-0.4, -0.2) is 6.61 Å². The molecule has 0 aliphatic heterocycles. The number of nitriles is 1. The number of hydrogen-bond donors (Lipinski definition) is 1. The standard InChI is InChI=1S/C9H10N2O/c1-7-6-8(11)2-3-9(7)12-5-4-10/h2-3,6H,5,11H2,1H3. The van der Waals surface area contributed by atoms with Gasteiger partial charge in [-0.05, 0) is 30.7 Å². The van der Waals surface area contributed by atoms with Crippen LogP contribution in [0, 0.1) is 18.3 Å². The third kappa shape index (κ3) is 1.89. The first-order valence-corrected chi connectivity index (χ1v) is 3.60. The van der Waals surface area contributed by atoms with Crippen LogP contribution in [0.1, 0.15) is 5.56 Å². The first-order valence-electron chi connectivity index (χ1n) is 3.60. The summed E-state index contributed by atoms with van der Waals surface area (Å²) in [5, 5.41) is 8.27. The largest absolute Gasteiger partial charge is 0.478 e. The predicted octanol–water partition coefficient (Wildman–Crippen LogP) is 1.48. The maximum atomic E-state index is 8.27. The van der Waals surface area contributed by atoms with Crippen molar-refractivity contribution in [3.63, 3.8) is 0 Å². The van der Waals surface area contributed by atoms with Gasteiger partial charge in [-0.1, -0.05) is 0 Å². The number of rotatable bonds is 2. The minimum absolute atomic E-state index is 0.0742. The van der Waals surface area contributed by atoms with Gasteiger partial charge >= 0.3 is 0 Å².